The summed E-state index contributed by atoms with van der Waals surface area (Å²) < 4.78 is 0. The average molecular weight is 212 g/mol. The second kappa shape index (κ2) is 52.8. The molecule has 0 aromatic carbocycles. The molecule has 0 unspecified atom stereocenters. The monoisotopic (exact) mass is 212 g/mol. The van der Waals surface area contributed by atoms with Gasteiger partial charge in [0.25, 0.3) is 0 Å². The third-order valence-corrected chi connectivity index (χ3v) is 0.512. The highest BCUT2D eigenvalue weighted by atomic mass is 16.3. The molecule has 0 heterocycles. The Labute approximate surface area is 88.2 Å². The number of hydrogen-bond acceptors (Lipinski definition) is 4. The van der Waals surface area contributed by atoms with Crippen molar-refractivity contribution < 1.29 is 20.4 Å². The normalized spacial score (nSPS) is 6.86. The minimum Gasteiger partial charge on any atom is -0.397 e. The van der Waals surface area contributed by atoms with Crippen LogP contribution < -0.4 is 0 Å². The Hall–Kier alpha value is -0.160. The summed E-state index contributed by atoms with van der Waals surface area (Å²) in [4.78, 5) is 0. The lowest BCUT2D eigenvalue weighted by atomic mass is 10.4. The Morgan fingerprint density at radius 3 is 0.857 bits per heavy atom. The number of rotatable bonds is 2. The Kier molecular flexibility index (Phi) is 88.8. The lowest BCUT2D eigenvalue weighted by Gasteiger charge is -1.79. The first-order valence-corrected chi connectivity index (χ1v) is 5.09. The molecule has 0 aliphatic carbocycles. The molecule has 4 nitrogen and oxygen atoms in total. The Morgan fingerprint density at radius 1 is 0.643 bits per heavy atom. The van der Waals surface area contributed by atoms with Gasteiger partial charge in [-0.2, -0.15) is 0 Å². The first-order valence-electron chi connectivity index (χ1n) is 5.09. The van der Waals surface area contributed by atoms with Crippen LogP contribution in [0.25, 0.3) is 0 Å². The standard InChI is InChI=1S/C4H10O.3C2H6O/c1-2-3-4-5;3*1-2-3/h5H,2-4H2,1H3;3*3H,2H2,1H3. The summed E-state index contributed by atoms with van der Waals surface area (Å²) in [5.74, 6) is 0. The third kappa shape index (κ3) is 411. The minimum absolute atomic E-state index is 0.250. The number of aliphatic hydroxyl groups is 4. The van der Waals surface area contributed by atoms with Crippen molar-refractivity contribution in [1.29, 1.82) is 0 Å². The van der Waals surface area contributed by atoms with E-state index in [1.807, 2.05) is 0 Å². The van der Waals surface area contributed by atoms with Crippen LogP contribution in [0.3, 0.4) is 0 Å². The molecule has 14 heavy (non-hydrogen) atoms. The lowest BCUT2D eigenvalue weighted by Crippen LogP contribution is -1.75. The minimum atomic E-state index is 0.250. The summed E-state index contributed by atoms with van der Waals surface area (Å²) in [7, 11) is 0. The molecule has 92 valence electrons. The highest BCUT2D eigenvalue weighted by Gasteiger charge is 1.69. The summed E-state index contributed by atoms with van der Waals surface area (Å²) in [5.41, 5.74) is 0. The SMILES string of the molecule is CCCCO.CCO.CCO.CCO. The van der Waals surface area contributed by atoms with Gasteiger partial charge in [0.1, 0.15) is 0 Å². The smallest absolute Gasteiger partial charge is 0.0430 e. The fraction of sp³-hybridized carbons (Fsp3) is 1.00. The highest BCUT2D eigenvalue weighted by molar-refractivity contribution is 4.23. The summed E-state index contributed by atoms with van der Waals surface area (Å²) in [6.45, 7) is 8.19. The van der Waals surface area contributed by atoms with E-state index in [9.17, 15) is 0 Å². The van der Waals surface area contributed by atoms with Gasteiger partial charge in [-0.15, -0.1) is 0 Å². The Balaban J connectivity index is -0.0000000495. The van der Waals surface area contributed by atoms with Gasteiger partial charge in [0.05, 0.1) is 0 Å². The molecule has 0 fully saturated rings. The first-order chi connectivity index (χ1) is 6.66. The van der Waals surface area contributed by atoms with Crippen LogP contribution >= 0.6 is 0 Å². The maximum Gasteiger partial charge on any atom is 0.0430 e. The number of unbranched alkanes of at least 4 members (excludes halogenated alkanes) is 1. The second-order valence-electron chi connectivity index (χ2n) is 2.03. The molecule has 0 atom stereocenters. The van der Waals surface area contributed by atoms with Gasteiger partial charge in [-0.25, -0.2) is 0 Å². The van der Waals surface area contributed by atoms with E-state index >= 15 is 0 Å². The number of aliphatic hydroxyl groups excluding tert-OH is 4. The summed E-state index contributed by atoms with van der Waals surface area (Å²) in [6.07, 6.45) is 2.04. The van der Waals surface area contributed by atoms with E-state index < -0.39 is 0 Å². The van der Waals surface area contributed by atoms with Crippen molar-refractivity contribution in [1.82, 2.24) is 0 Å². The quantitative estimate of drug-likeness (QED) is 0.545. The van der Waals surface area contributed by atoms with Gasteiger partial charge in [-0.1, -0.05) is 13.3 Å². The van der Waals surface area contributed by atoms with Crippen molar-refractivity contribution in [2.75, 3.05) is 26.4 Å². The van der Waals surface area contributed by atoms with Crippen LogP contribution in [0.2, 0.25) is 0 Å². The zero-order valence-corrected chi connectivity index (χ0v) is 10.0. The molecular weight excluding hydrogens is 184 g/mol. The van der Waals surface area contributed by atoms with E-state index in [4.69, 9.17) is 20.4 Å². The zero-order valence-electron chi connectivity index (χ0n) is 10.0. The molecule has 0 aliphatic rings. The van der Waals surface area contributed by atoms with Gasteiger partial charge in [-0.3, -0.25) is 0 Å². The van der Waals surface area contributed by atoms with Gasteiger partial charge in [0.2, 0.25) is 0 Å². The van der Waals surface area contributed by atoms with E-state index in [0.717, 1.165) is 12.8 Å². The maximum absolute atomic E-state index is 8.07. The van der Waals surface area contributed by atoms with Crippen LogP contribution in [0.15, 0.2) is 0 Å². The molecule has 0 saturated heterocycles. The Morgan fingerprint density at radius 2 is 0.857 bits per heavy atom. The average Bonchev–Trinajstić information content (AvgIpc) is 2.09. The van der Waals surface area contributed by atoms with Crippen LogP contribution in [0.5, 0.6) is 0 Å². The molecule has 0 amide bonds. The Bertz CT molecular complexity index is 36.3. The van der Waals surface area contributed by atoms with Crippen LogP contribution in [-0.2, 0) is 0 Å². The van der Waals surface area contributed by atoms with Crippen molar-refractivity contribution in [2.45, 2.75) is 40.5 Å². The molecule has 0 aromatic rings. The van der Waals surface area contributed by atoms with Gasteiger partial charge >= 0.3 is 0 Å². The van der Waals surface area contributed by atoms with E-state index in [1.54, 1.807) is 20.8 Å². The molecule has 0 spiro atoms. The summed E-state index contributed by atoms with van der Waals surface area (Å²) in [5, 5.41) is 30.8. The van der Waals surface area contributed by atoms with E-state index in [0.29, 0.717) is 6.61 Å². The molecule has 0 radical (unpaired) electrons. The van der Waals surface area contributed by atoms with E-state index in [1.165, 1.54) is 0 Å². The van der Waals surface area contributed by atoms with Crippen molar-refractivity contribution in [2.24, 2.45) is 0 Å². The molecule has 0 bridgehead atoms. The second-order valence-corrected chi connectivity index (χ2v) is 2.03. The molecule has 0 rings (SSSR count). The topological polar surface area (TPSA) is 80.9 Å². The van der Waals surface area contributed by atoms with Crippen molar-refractivity contribution in [3.05, 3.63) is 0 Å². The summed E-state index contributed by atoms with van der Waals surface area (Å²) >= 11 is 0. The van der Waals surface area contributed by atoms with Gasteiger partial charge in [-0.05, 0) is 27.2 Å². The fourth-order valence-corrected chi connectivity index (χ4v) is 0.158. The largest absolute Gasteiger partial charge is 0.397 e. The molecular formula is C10H28O4. The lowest BCUT2D eigenvalue weighted by molar-refractivity contribution is 0.287. The molecule has 0 aliphatic heterocycles. The van der Waals surface area contributed by atoms with Crippen LogP contribution in [-0.4, -0.2) is 46.9 Å². The van der Waals surface area contributed by atoms with Crippen LogP contribution in [0.1, 0.15) is 40.5 Å². The van der Waals surface area contributed by atoms with Gasteiger partial charge in [0, 0.05) is 26.4 Å². The number of hydrogen-bond donors (Lipinski definition) is 4. The summed E-state index contributed by atoms with van der Waals surface area (Å²) in [6, 6.07) is 0. The maximum atomic E-state index is 8.07. The van der Waals surface area contributed by atoms with E-state index in [-0.39, 0.29) is 19.8 Å². The predicted molar refractivity (Wildman–Crippen MR) is 60.3 cm³/mol. The fourth-order valence-electron chi connectivity index (χ4n) is 0.158. The van der Waals surface area contributed by atoms with Crippen molar-refractivity contribution >= 4 is 0 Å². The van der Waals surface area contributed by atoms with Gasteiger partial charge in [0.15, 0.2) is 0 Å². The van der Waals surface area contributed by atoms with Crippen LogP contribution in [0.4, 0.5) is 0 Å². The van der Waals surface area contributed by atoms with Gasteiger partial charge < -0.3 is 20.4 Å². The zero-order chi connectivity index (χ0) is 12.2. The molecule has 4 N–H and O–H groups in total. The predicted octanol–water partition coefficient (Wildman–Crippen LogP) is 0.775. The van der Waals surface area contributed by atoms with Crippen molar-refractivity contribution in [3.8, 4) is 0 Å². The van der Waals surface area contributed by atoms with E-state index in [2.05, 4.69) is 6.92 Å². The third-order valence-electron chi connectivity index (χ3n) is 0.512. The first kappa shape index (κ1) is 23.6. The van der Waals surface area contributed by atoms with Crippen LogP contribution in [0, 0.1) is 0 Å². The highest BCUT2D eigenvalue weighted by Crippen LogP contribution is 1.78. The molecule has 0 aromatic heterocycles. The molecule has 4 heteroatoms. The molecule has 0 saturated carbocycles. The van der Waals surface area contributed by atoms with Crippen molar-refractivity contribution in [3.63, 3.8) is 0 Å².